The van der Waals surface area contributed by atoms with Crippen molar-refractivity contribution in [2.45, 2.75) is 37.6 Å². The molecule has 2 aliphatic rings. The van der Waals surface area contributed by atoms with Gasteiger partial charge in [-0.2, -0.15) is 0 Å². The van der Waals surface area contributed by atoms with Gasteiger partial charge < -0.3 is 24.4 Å². The van der Waals surface area contributed by atoms with Crippen LogP contribution in [0.25, 0.3) is 10.9 Å². The molecule has 1 saturated carbocycles. The Bertz CT molecular complexity index is 1110. The van der Waals surface area contributed by atoms with Crippen LogP contribution >= 0.6 is 0 Å². The highest BCUT2D eigenvalue weighted by Gasteiger charge is 2.30. The number of hydrogen-bond donors (Lipinski definition) is 1. The number of nitrogens with zero attached hydrogens (tertiary/aromatic N) is 3. The number of piperidine rings is 1. The van der Waals surface area contributed by atoms with Gasteiger partial charge in [0.15, 0.2) is 11.5 Å². The molecule has 2 fully saturated rings. The molecule has 0 radical (unpaired) electrons. The molecule has 0 amide bonds. The lowest BCUT2D eigenvalue weighted by Crippen LogP contribution is -2.39. The van der Waals surface area contributed by atoms with Gasteiger partial charge in [-0.05, 0) is 43.9 Å². The third-order valence-corrected chi connectivity index (χ3v) is 6.40. The summed E-state index contributed by atoms with van der Waals surface area (Å²) < 4.78 is 16.6. The summed E-state index contributed by atoms with van der Waals surface area (Å²) in [6.07, 6.45) is 4.39. The van der Waals surface area contributed by atoms with Crippen LogP contribution in [0.2, 0.25) is 0 Å². The molecule has 5 rings (SSSR count). The molecule has 7 nitrogen and oxygen atoms in total. The molecule has 1 N–H and O–H groups in total. The Morgan fingerprint density at radius 3 is 2.22 bits per heavy atom. The highest BCUT2D eigenvalue weighted by atomic mass is 16.5. The van der Waals surface area contributed by atoms with Crippen LogP contribution in [0.3, 0.4) is 0 Å². The predicted molar refractivity (Wildman–Crippen MR) is 126 cm³/mol. The summed E-state index contributed by atoms with van der Waals surface area (Å²) in [6, 6.07) is 12.5. The first kappa shape index (κ1) is 20.7. The Balaban J connectivity index is 1.41. The van der Waals surface area contributed by atoms with Crippen LogP contribution in [-0.2, 0) is 0 Å². The summed E-state index contributed by atoms with van der Waals surface area (Å²) in [5.41, 5.74) is 1.97. The van der Waals surface area contributed by atoms with Gasteiger partial charge in [-0.1, -0.05) is 12.1 Å². The minimum Gasteiger partial charge on any atom is -0.495 e. The Kier molecular flexibility index (Phi) is 5.64. The number of methoxy groups -OCH3 is 3. The lowest BCUT2D eigenvalue weighted by Gasteiger charge is -2.34. The third kappa shape index (κ3) is 3.99. The van der Waals surface area contributed by atoms with Gasteiger partial charge >= 0.3 is 0 Å². The molecule has 32 heavy (non-hydrogen) atoms. The number of hydrogen-bond acceptors (Lipinski definition) is 7. The second-order valence-electron chi connectivity index (χ2n) is 8.51. The Morgan fingerprint density at radius 2 is 1.53 bits per heavy atom. The lowest BCUT2D eigenvalue weighted by molar-refractivity contribution is 0.355. The maximum atomic E-state index is 5.56. The van der Waals surface area contributed by atoms with E-state index in [2.05, 4.69) is 16.3 Å². The van der Waals surface area contributed by atoms with E-state index in [1.807, 2.05) is 30.3 Å². The maximum Gasteiger partial charge on any atom is 0.162 e. The van der Waals surface area contributed by atoms with E-state index in [-0.39, 0.29) is 0 Å². The number of aromatic nitrogens is 2. The van der Waals surface area contributed by atoms with Crippen molar-refractivity contribution in [2.75, 3.05) is 44.6 Å². The van der Waals surface area contributed by atoms with Gasteiger partial charge in [0, 0.05) is 36.5 Å². The summed E-state index contributed by atoms with van der Waals surface area (Å²) in [7, 11) is 5.04. The fourth-order valence-corrected chi connectivity index (χ4v) is 4.44. The van der Waals surface area contributed by atoms with E-state index in [9.17, 15) is 0 Å². The third-order valence-electron chi connectivity index (χ3n) is 6.40. The van der Waals surface area contributed by atoms with E-state index in [1.165, 1.54) is 12.8 Å². The monoisotopic (exact) mass is 434 g/mol. The van der Waals surface area contributed by atoms with Crippen LogP contribution in [0.5, 0.6) is 17.2 Å². The van der Waals surface area contributed by atoms with Crippen LogP contribution in [0.4, 0.5) is 11.5 Å². The molecule has 0 unspecified atom stereocenters. The van der Waals surface area contributed by atoms with Crippen molar-refractivity contribution in [3.8, 4) is 17.2 Å². The van der Waals surface area contributed by atoms with Gasteiger partial charge in [0.25, 0.3) is 0 Å². The van der Waals surface area contributed by atoms with Gasteiger partial charge in [-0.25, -0.2) is 9.97 Å². The minimum absolute atomic E-state index is 0.396. The van der Waals surface area contributed by atoms with Crippen molar-refractivity contribution in [1.29, 1.82) is 0 Å². The lowest BCUT2D eigenvalue weighted by atomic mass is 10.0. The molecular formula is C25H30N4O3. The van der Waals surface area contributed by atoms with E-state index in [4.69, 9.17) is 24.2 Å². The van der Waals surface area contributed by atoms with Gasteiger partial charge in [-0.3, -0.25) is 0 Å². The first-order valence-electron chi connectivity index (χ1n) is 11.3. The average Bonchev–Trinajstić information content (AvgIpc) is 3.69. The van der Waals surface area contributed by atoms with Crippen LogP contribution < -0.4 is 24.4 Å². The SMILES string of the molecule is COc1ccccc1NC1CCN(c2nc(C3CC3)nc3cc(OC)c(OC)cc23)CC1. The molecule has 1 aliphatic carbocycles. The Labute approximate surface area is 188 Å². The molecule has 0 atom stereocenters. The zero-order valence-electron chi connectivity index (χ0n) is 18.9. The summed E-state index contributed by atoms with van der Waals surface area (Å²) in [5.74, 6) is 4.73. The largest absolute Gasteiger partial charge is 0.495 e. The van der Waals surface area contributed by atoms with Gasteiger partial charge in [0.2, 0.25) is 0 Å². The quantitative estimate of drug-likeness (QED) is 0.582. The molecule has 7 heteroatoms. The van der Waals surface area contributed by atoms with Gasteiger partial charge in [0.05, 0.1) is 32.5 Å². The van der Waals surface area contributed by atoms with Crippen molar-refractivity contribution < 1.29 is 14.2 Å². The van der Waals surface area contributed by atoms with E-state index in [0.717, 1.165) is 59.9 Å². The second-order valence-corrected chi connectivity index (χ2v) is 8.51. The van der Waals surface area contributed by atoms with Crippen molar-refractivity contribution in [1.82, 2.24) is 9.97 Å². The fraction of sp³-hybridized carbons (Fsp3) is 0.440. The van der Waals surface area contributed by atoms with Crippen molar-refractivity contribution in [3.05, 3.63) is 42.2 Å². The van der Waals surface area contributed by atoms with E-state index in [0.29, 0.717) is 23.5 Å². The van der Waals surface area contributed by atoms with E-state index >= 15 is 0 Å². The first-order valence-corrected chi connectivity index (χ1v) is 11.3. The summed E-state index contributed by atoms with van der Waals surface area (Å²) in [4.78, 5) is 12.3. The number of nitrogens with one attached hydrogen (secondary N) is 1. The van der Waals surface area contributed by atoms with Crippen LogP contribution in [0.15, 0.2) is 36.4 Å². The van der Waals surface area contributed by atoms with Crippen molar-refractivity contribution in [2.24, 2.45) is 0 Å². The van der Waals surface area contributed by atoms with Crippen molar-refractivity contribution >= 4 is 22.4 Å². The average molecular weight is 435 g/mol. The number of rotatable bonds is 7. The number of ether oxygens (including phenoxy) is 3. The topological polar surface area (TPSA) is 68.7 Å². The second kappa shape index (κ2) is 8.73. The molecular weight excluding hydrogens is 404 g/mol. The molecule has 2 aromatic carbocycles. The fourth-order valence-electron chi connectivity index (χ4n) is 4.44. The predicted octanol–water partition coefficient (Wildman–Crippen LogP) is 4.61. The normalized spacial score (nSPS) is 16.8. The molecule has 0 bridgehead atoms. The number of para-hydroxylation sites is 2. The zero-order valence-corrected chi connectivity index (χ0v) is 18.9. The standard InChI is InChI=1S/C25H30N4O3/c1-30-21-7-5-4-6-19(21)26-17-10-12-29(13-11-17)25-18-14-22(31-2)23(32-3)15-20(18)27-24(28-25)16-8-9-16/h4-7,14-17,26H,8-13H2,1-3H3. The van der Waals surface area contributed by atoms with E-state index in [1.54, 1.807) is 21.3 Å². The van der Waals surface area contributed by atoms with E-state index < -0.39 is 0 Å². The number of anilines is 2. The highest BCUT2D eigenvalue weighted by Crippen LogP contribution is 2.42. The summed E-state index contributed by atoms with van der Waals surface area (Å²) in [5, 5.41) is 4.68. The number of benzene rings is 2. The molecule has 3 aromatic rings. The Hall–Kier alpha value is -3.22. The minimum atomic E-state index is 0.396. The first-order chi connectivity index (χ1) is 15.7. The molecule has 1 aliphatic heterocycles. The molecule has 1 aromatic heterocycles. The van der Waals surface area contributed by atoms with Crippen LogP contribution in [-0.4, -0.2) is 50.4 Å². The summed E-state index contributed by atoms with van der Waals surface area (Å²) >= 11 is 0. The molecule has 0 spiro atoms. The van der Waals surface area contributed by atoms with Crippen molar-refractivity contribution in [3.63, 3.8) is 0 Å². The highest BCUT2D eigenvalue weighted by molar-refractivity contribution is 5.92. The summed E-state index contributed by atoms with van der Waals surface area (Å²) in [6.45, 7) is 1.86. The number of fused-ring (bicyclic) bond motifs is 1. The van der Waals surface area contributed by atoms with Crippen LogP contribution in [0.1, 0.15) is 37.4 Å². The molecule has 2 heterocycles. The smallest absolute Gasteiger partial charge is 0.162 e. The molecule has 168 valence electrons. The van der Waals surface area contributed by atoms with Crippen LogP contribution in [0, 0.1) is 0 Å². The van der Waals surface area contributed by atoms with Gasteiger partial charge in [-0.15, -0.1) is 0 Å². The maximum absolute atomic E-state index is 5.56. The van der Waals surface area contributed by atoms with Gasteiger partial charge in [0.1, 0.15) is 17.4 Å². The molecule has 1 saturated heterocycles. The Morgan fingerprint density at radius 1 is 0.844 bits per heavy atom. The zero-order chi connectivity index (χ0) is 22.1.